The van der Waals surface area contributed by atoms with Gasteiger partial charge in [-0.1, -0.05) is 206 Å². The van der Waals surface area contributed by atoms with Gasteiger partial charge in [0, 0.05) is 44.6 Å². The minimum absolute atomic E-state index is 0.0936. The summed E-state index contributed by atoms with van der Waals surface area (Å²) in [5.41, 5.74) is 15.6. The molecule has 0 saturated carbocycles. The van der Waals surface area contributed by atoms with Crippen molar-refractivity contribution in [3.63, 3.8) is 0 Å². The summed E-state index contributed by atoms with van der Waals surface area (Å²) < 4.78 is 9.16. The van der Waals surface area contributed by atoms with Gasteiger partial charge in [0.05, 0.1) is 22.1 Å². The molecular weight excluding hydrogens is 829 g/mol. The Morgan fingerprint density at radius 3 is 1.54 bits per heavy atom. The number of nitrogens with one attached hydrogen (secondary N) is 1. The lowest BCUT2D eigenvalue weighted by Crippen LogP contribution is -2.07. The SMILES string of the molecule is N=C(N=C(N=Cc1ccccc1)c1ccccc1)c1cc(-c2ccc(-c3ccccc3)cc2)c(-n2c3ccccc3c3c4oc5ccccc5c4ccc32)c(-c2ccc(-c3ccccc3)cc2)c1. The Hall–Kier alpha value is -9.19. The molecule has 0 radical (unpaired) electrons. The number of furan rings is 1. The minimum atomic E-state index is 0.0936. The third-order valence-corrected chi connectivity index (χ3v) is 12.8. The van der Waals surface area contributed by atoms with Crippen molar-refractivity contribution in [3.05, 3.63) is 259 Å². The van der Waals surface area contributed by atoms with E-state index in [1.54, 1.807) is 0 Å². The second-order valence-corrected chi connectivity index (χ2v) is 16.9. The summed E-state index contributed by atoms with van der Waals surface area (Å²) in [7, 11) is 0. The van der Waals surface area contributed by atoms with E-state index in [0.29, 0.717) is 11.4 Å². The molecular formula is C63H42N4O. The first-order chi connectivity index (χ1) is 33.6. The van der Waals surface area contributed by atoms with Crippen LogP contribution in [0.1, 0.15) is 16.7 Å². The molecule has 0 saturated heterocycles. The summed E-state index contributed by atoms with van der Waals surface area (Å²) >= 11 is 0. The predicted octanol–water partition coefficient (Wildman–Crippen LogP) is 16.2. The van der Waals surface area contributed by atoms with Gasteiger partial charge in [0.15, 0.2) is 11.7 Å². The Balaban J connectivity index is 1.15. The number of aromatic nitrogens is 1. The second kappa shape index (κ2) is 17.3. The zero-order chi connectivity index (χ0) is 45.4. The molecule has 0 unspecified atom stereocenters. The van der Waals surface area contributed by atoms with Gasteiger partial charge in [-0.05, 0) is 75.3 Å². The van der Waals surface area contributed by atoms with Crippen molar-refractivity contribution in [2.45, 2.75) is 0 Å². The molecule has 0 spiro atoms. The maximum Gasteiger partial charge on any atom is 0.161 e. The van der Waals surface area contributed by atoms with Crippen LogP contribution >= 0.6 is 0 Å². The summed E-state index contributed by atoms with van der Waals surface area (Å²) in [5.74, 6) is 0.541. The van der Waals surface area contributed by atoms with Crippen LogP contribution in [0.25, 0.3) is 93.9 Å². The third-order valence-electron chi connectivity index (χ3n) is 12.8. The van der Waals surface area contributed by atoms with E-state index in [1.165, 1.54) is 0 Å². The zero-order valence-corrected chi connectivity index (χ0v) is 36.9. The number of benzene rings is 10. The van der Waals surface area contributed by atoms with Crippen LogP contribution in [0.2, 0.25) is 0 Å². The first-order valence-corrected chi connectivity index (χ1v) is 22.8. The number of para-hydroxylation sites is 2. The van der Waals surface area contributed by atoms with Crippen molar-refractivity contribution in [1.82, 2.24) is 4.57 Å². The molecule has 2 heterocycles. The van der Waals surface area contributed by atoms with E-state index in [0.717, 1.165) is 105 Å². The van der Waals surface area contributed by atoms with Gasteiger partial charge in [-0.25, -0.2) is 9.98 Å². The van der Waals surface area contributed by atoms with Gasteiger partial charge >= 0.3 is 0 Å². The highest BCUT2D eigenvalue weighted by atomic mass is 16.3. The van der Waals surface area contributed by atoms with Crippen LogP contribution in [0.3, 0.4) is 0 Å². The molecule has 0 aliphatic heterocycles. The van der Waals surface area contributed by atoms with Crippen molar-refractivity contribution in [2.24, 2.45) is 9.98 Å². The molecule has 0 fully saturated rings. The molecule has 10 aromatic carbocycles. The minimum Gasteiger partial charge on any atom is -0.455 e. The van der Waals surface area contributed by atoms with Gasteiger partial charge in [-0.15, -0.1) is 0 Å². The number of rotatable bonds is 8. The fraction of sp³-hybridized carbons (Fsp3) is 0. The maximum atomic E-state index is 9.87. The Kier molecular flexibility index (Phi) is 10.3. The van der Waals surface area contributed by atoms with E-state index in [4.69, 9.17) is 14.4 Å². The van der Waals surface area contributed by atoms with Crippen LogP contribution in [-0.4, -0.2) is 22.5 Å². The lowest BCUT2D eigenvalue weighted by atomic mass is 9.91. The van der Waals surface area contributed by atoms with Crippen LogP contribution in [0.15, 0.2) is 257 Å². The van der Waals surface area contributed by atoms with Crippen LogP contribution < -0.4 is 0 Å². The Labute approximate surface area is 393 Å². The topological polar surface area (TPSA) is 66.6 Å². The molecule has 0 bridgehead atoms. The first-order valence-electron chi connectivity index (χ1n) is 22.8. The summed E-state index contributed by atoms with van der Waals surface area (Å²) in [6, 6.07) is 83.9. The van der Waals surface area contributed by atoms with Crippen molar-refractivity contribution in [3.8, 4) is 50.2 Å². The highest BCUT2D eigenvalue weighted by Crippen LogP contribution is 2.45. The van der Waals surface area contributed by atoms with E-state index >= 15 is 0 Å². The van der Waals surface area contributed by atoms with Crippen LogP contribution in [0.5, 0.6) is 0 Å². The molecule has 12 aromatic rings. The molecule has 0 aliphatic rings. The monoisotopic (exact) mass is 870 g/mol. The molecule has 12 rings (SSSR count). The molecule has 0 atom stereocenters. The second-order valence-electron chi connectivity index (χ2n) is 16.9. The standard InChI is InChI=1S/C63H42N4O/c64-62(66-63(49-23-11-4-12-24-49)65-41-42-17-5-1-6-18-42)50-39-54(47-33-29-45(30-34-47)43-19-7-2-8-20-43)60(55(40-50)48-35-31-46(32-36-48)44-21-9-3-10-22-44)67-56-27-15-13-26-53(56)59-57(67)38-37-52-51-25-14-16-28-58(51)68-61(52)59/h1-41,64H. The summed E-state index contributed by atoms with van der Waals surface area (Å²) in [6.07, 6.45) is 1.81. The smallest absolute Gasteiger partial charge is 0.161 e. The molecule has 5 nitrogen and oxygen atoms in total. The normalized spacial score (nSPS) is 11.9. The third kappa shape index (κ3) is 7.38. The first kappa shape index (κ1) is 40.3. The molecule has 0 amide bonds. The fourth-order valence-corrected chi connectivity index (χ4v) is 9.47. The quantitative estimate of drug-likeness (QED) is 0.120. The average molecular weight is 871 g/mol. The number of hydrogen-bond acceptors (Lipinski definition) is 2. The summed E-state index contributed by atoms with van der Waals surface area (Å²) in [4.78, 5) is 9.95. The number of fused-ring (bicyclic) bond motifs is 7. The highest BCUT2D eigenvalue weighted by molar-refractivity contribution is 6.24. The van der Waals surface area contributed by atoms with E-state index in [9.17, 15) is 5.41 Å². The van der Waals surface area contributed by atoms with Gasteiger partial charge in [0.25, 0.3) is 0 Å². The van der Waals surface area contributed by atoms with Crippen molar-refractivity contribution in [2.75, 3.05) is 0 Å². The number of aliphatic imine (C=N–C) groups is 2. The van der Waals surface area contributed by atoms with Gasteiger partial charge in [-0.3, -0.25) is 5.41 Å². The van der Waals surface area contributed by atoms with E-state index in [2.05, 4.69) is 162 Å². The molecule has 320 valence electrons. The fourth-order valence-electron chi connectivity index (χ4n) is 9.47. The summed E-state index contributed by atoms with van der Waals surface area (Å²) in [5, 5.41) is 14.2. The Bertz CT molecular complexity index is 3770. The van der Waals surface area contributed by atoms with Crippen molar-refractivity contribution >= 4 is 61.6 Å². The zero-order valence-electron chi connectivity index (χ0n) is 36.9. The van der Waals surface area contributed by atoms with Crippen molar-refractivity contribution < 1.29 is 4.42 Å². The summed E-state index contributed by atoms with van der Waals surface area (Å²) in [6.45, 7) is 0. The van der Waals surface area contributed by atoms with Gasteiger partial charge in [0.1, 0.15) is 11.2 Å². The average Bonchev–Trinajstić information content (AvgIpc) is 3.96. The predicted molar refractivity (Wildman–Crippen MR) is 284 cm³/mol. The Morgan fingerprint density at radius 2 is 0.926 bits per heavy atom. The van der Waals surface area contributed by atoms with Gasteiger partial charge in [0.2, 0.25) is 0 Å². The molecule has 2 aromatic heterocycles. The molecule has 0 aliphatic carbocycles. The molecule has 1 N–H and O–H groups in total. The van der Waals surface area contributed by atoms with Crippen LogP contribution in [-0.2, 0) is 0 Å². The molecule has 5 heteroatoms. The number of hydrogen-bond donors (Lipinski definition) is 1. The van der Waals surface area contributed by atoms with E-state index in [-0.39, 0.29) is 5.84 Å². The largest absolute Gasteiger partial charge is 0.455 e. The number of nitrogens with zero attached hydrogens (tertiary/aromatic N) is 3. The number of amidine groups is 2. The van der Waals surface area contributed by atoms with Crippen LogP contribution in [0, 0.1) is 5.41 Å². The molecule has 68 heavy (non-hydrogen) atoms. The van der Waals surface area contributed by atoms with E-state index < -0.39 is 0 Å². The highest BCUT2D eigenvalue weighted by Gasteiger charge is 2.25. The van der Waals surface area contributed by atoms with Crippen molar-refractivity contribution in [1.29, 1.82) is 5.41 Å². The Morgan fingerprint density at radius 1 is 0.426 bits per heavy atom. The lowest BCUT2D eigenvalue weighted by molar-refractivity contribution is 0.673. The van der Waals surface area contributed by atoms with Crippen LogP contribution in [0.4, 0.5) is 0 Å². The maximum absolute atomic E-state index is 9.87. The van der Waals surface area contributed by atoms with Gasteiger partial charge in [-0.2, -0.15) is 0 Å². The van der Waals surface area contributed by atoms with Gasteiger partial charge < -0.3 is 8.98 Å². The lowest BCUT2D eigenvalue weighted by Gasteiger charge is -2.21. The van der Waals surface area contributed by atoms with E-state index in [1.807, 2.05) is 91.1 Å².